The Kier molecular flexibility index (Phi) is 8.36. The first-order valence-electron chi connectivity index (χ1n) is 10.9. The van der Waals surface area contributed by atoms with Crippen LogP contribution in [-0.2, 0) is 14.3 Å². The number of carbonyl (C=O) groups is 2. The maximum absolute atomic E-state index is 12.8. The van der Waals surface area contributed by atoms with Gasteiger partial charge in [0.25, 0.3) is 0 Å². The van der Waals surface area contributed by atoms with Gasteiger partial charge >= 0.3 is 12.0 Å². The third-order valence-electron chi connectivity index (χ3n) is 6.09. The van der Waals surface area contributed by atoms with Crippen LogP contribution in [0.25, 0.3) is 0 Å². The molecule has 0 saturated carbocycles. The number of piperidine rings is 2. The summed E-state index contributed by atoms with van der Waals surface area (Å²) < 4.78 is 10.7. The number of piperazine rings is 1. The van der Waals surface area contributed by atoms with E-state index in [4.69, 9.17) is 9.47 Å². The lowest BCUT2D eigenvalue weighted by atomic mass is 10.0. The van der Waals surface area contributed by atoms with Crippen molar-refractivity contribution in [1.82, 2.24) is 20.0 Å². The first-order valence-corrected chi connectivity index (χ1v) is 10.9. The van der Waals surface area contributed by atoms with Crippen LogP contribution >= 0.6 is 0 Å². The van der Waals surface area contributed by atoms with E-state index in [0.29, 0.717) is 25.7 Å². The van der Waals surface area contributed by atoms with Crippen LogP contribution in [0.4, 0.5) is 4.79 Å². The average molecular weight is 397 g/mol. The van der Waals surface area contributed by atoms with Crippen molar-refractivity contribution in [3.8, 4) is 0 Å². The number of ether oxygens (including phenoxy) is 2. The van der Waals surface area contributed by atoms with E-state index in [-0.39, 0.29) is 18.1 Å². The Morgan fingerprint density at radius 2 is 1.57 bits per heavy atom. The van der Waals surface area contributed by atoms with Crippen LogP contribution in [0.5, 0.6) is 0 Å². The molecule has 0 spiro atoms. The molecule has 8 heteroatoms. The minimum Gasteiger partial charge on any atom is -0.466 e. The van der Waals surface area contributed by atoms with Crippen molar-refractivity contribution in [2.45, 2.75) is 51.2 Å². The zero-order valence-corrected chi connectivity index (χ0v) is 17.2. The van der Waals surface area contributed by atoms with Crippen LogP contribution in [0.15, 0.2) is 0 Å². The number of carbonyl (C=O) groups excluding carboxylic acids is 2. The van der Waals surface area contributed by atoms with E-state index in [1.54, 1.807) is 6.92 Å². The molecule has 160 valence electrons. The second kappa shape index (κ2) is 11.0. The first-order chi connectivity index (χ1) is 13.7. The fourth-order valence-electron chi connectivity index (χ4n) is 4.41. The summed E-state index contributed by atoms with van der Waals surface area (Å²) in [5.41, 5.74) is 0. The van der Waals surface area contributed by atoms with E-state index >= 15 is 0 Å². The summed E-state index contributed by atoms with van der Waals surface area (Å²) in [6, 6.07) is 0.857. The number of rotatable bonds is 6. The summed E-state index contributed by atoms with van der Waals surface area (Å²) in [5, 5.41) is 3.42. The molecule has 0 bridgehead atoms. The van der Waals surface area contributed by atoms with Crippen molar-refractivity contribution in [3.05, 3.63) is 0 Å². The molecular formula is C20H36N4O4. The Labute approximate surface area is 168 Å². The number of hydrogen-bond acceptors (Lipinski definition) is 6. The maximum Gasteiger partial charge on any atom is 0.320 e. The van der Waals surface area contributed by atoms with Gasteiger partial charge in [0.05, 0.1) is 25.7 Å². The van der Waals surface area contributed by atoms with E-state index in [1.807, 2.05) is 9.80 Å². The molecule has 3 aliphatic rings. The fourth-order valence-corrected chi connectivity index (χ4v) is 4.41. The van der Waals surface area contributed by atoms with Gasteiger partial charge in [0.15, 0.2) is 0 Å². The molecule has 0 aromatic heterocycles. The lowest BCUT2D eigenvalue weighted by Gasteiger charge is -2.43. The zero-order chi connectivity index (χ0) is 19.8. The minimum atomic E-state index is -0.209. The van der Waals surface area contributed by atoms with Crippen molar-refractivity contribution >= 4 is 12.0 Å². The first kappa shape index (κ1) is 21.3. The molecular weight excluding hydrogens is 360 g/mol. The van der Waals surface area contributed by atoms with Gasteiger partial charge in [0.1, 0.15) is 0 Å². The third-order valence-corrected chi connectivity index (χ3v) is 6.09. The highest BCUT2D eigenvalue weighted by Gasteiger charge is 2.31. The second-order valence-corrected chi connectivity index (χ2v) is 7.90. The number of amides is 2. The monoisotopic (exact) mass is 396 g/mol. The quantitative estimate of drug-likeness (QED) is 0.673. The van der Waals surface area contributed by atoms with E-state index in [9.17, 15) is 9.59 Å². The van der Waals surface area contributed by atoms with Crippen LogP contribution < -0.4 is 5.32 Å². The number of nitrogens with zero attached hydrogens (tertiary/aromatic N) is 3. The Hall–Kier alpha value is -1.38. The smallest absolute Gasteiger partial charge is 0.320 e. The topological polar surface area (TPSA) is 74.4 Å². The molecule has 8 nitrogen and oxygen atoms in total. The molecule has 3 heterocycles. The Morgan fingerprint density at radius 3 is 2.21 bits per heavy atom. The van der Waals surface area contributed by atoms with Gasteiger partial charge in [-0.3, -0.25) is 9.69 Å². The van der Waals surface area contributed by atoms with Crippen LogP contribution in [0.3, 0.4) is 0 Å². The summed E-state index contributed by atoms with van der Waals surface area (Å²) in [6.07, 6.45) is 4.55. The zero-order valence-electron chi connectivity index (χ0n) is 17.2. The number of esters is 1. The largest absolute Gasteiger partial charge is 0.466 e. The SMILES string of the molecule is CCOC(=O)CCOC1CCN(C(=O)N2CCN(C3CCNCC3)CC2)CC1. The van der Waals surface area contributed by atoms with E-state index < -0.39 is 0 Å². The standard InChI is InChI=1S/C20H36N4O4/c1-2-27-19(25)7-16-28-18-5-10-23(11-6-18)20(26)24-14-12-22(13-15-24)17-3-8-21-9-4-17/h17-18,21H,2-16H2,1H3. The van der Waals surface area contributed by atoms with Gasteiger partial charge in [-0.15, -0.1) is 0 Å². The molecule has 2 amide bonds. The summed E-state index contributed by atoms with van der Waals surface area (Å²) in [6.45, 7) is 9.95. The summed E-state index contributed by atoms with van der Waals surface area (Å²) in [4.78, 5) is 30.7. The Balaban J connectivity index is 1.32. The molecule has 3 aliphatic heterocycles. The average Bonchev–Trinajstić information content (AvgIpc) is 2.75. The predicted octanol–water partition coefficient (Wildman–Crippen LogP) is 0.910. The highest BCUT2D eigenvalue weighted by molar-refractivity contribution is 5.74. The molecule has 0 unspecified atom stereocenters. The minimum absolute atomic E-state index is 0.134. The fraction of sp³-hybridized carbons (Fsp3) is 0.900. The van der Waals surface area contributed by atoms with Gasteiger partial charge in [-0.25, -0.2) is 4.79 Å². The molecule has 0 aromatic carbocycles. The molecule has 0 atom stereocenters. The predicted molar refractivity (Wildman–Crippen MR) is 106 cm³/mol. The number of nitrogens with one attached hydrogen (secondary N) is 1. The third kappa shape index (κ3) is 6.06. The molecule has 3 fully saturated rings. The molecule has 3 rings (SSSR count). The van der Waals surface area contributed by atoms with Crippen molar-refractivity contribution in [2.75, 3.05) is 65.6 Å². The van der Waals surface area contributed by atoms with Gasteiger partial charge in [-0.1, -0.05) is 0 Å². The molecule has 0 aromatic rings. The van der Waals surface area contributed by atoms with Gasteiger partial charge in [0.2, 0.25) is 0 Å². The van der Waals surface area contributed by atoms with Gasteiger partial charge in [-0.2, -0.15) is 0 Å². The summed E-state index contributed by atoms with van der Waals surface area (Å²) in [7, 11) is 0. The lowest BCUT2D eigenvalue weighted by Crippen LogP contribution is -2.57. The highest BCUT2D eigenvalue weighted by atomic mass is 16.5. The molecule has 28 heavy (non-hydrogen) atoms. The molecule has 3 saturated heterocycles. The van der Waals surface area contributed by atoms with E-state index in [0.717, 1.165) is 65.2 Å². The maximum atomic E-state index is 12.8. The summed E-state index contributed by atoms with van der Waals surface area (Å²) in [5.74, 6) is -0.209. The highest BCUT2D eigenvalue weighted by Crippen LogP contribution is 2.18. The Morgan fingerprint density at radius 1 is 0.929 bits per heavy atom. The van der Waals surface area contributed by atoms with Crippen LogP contribution in [0.1, 0.15) is 39.0 Å². The summed E-state index contributed by atoms with van der Waals surface area (Å²) >= 11 is 0. The normalized spacial score (nSPS) is 23.0. The molecule has 0 radical (unpaired) electrons. The van der Waals surface area contributed by atoms with Gasteiger partial charge in [0, 0.05) is 45.3 Å². The number of urea groups is 1. The molecule has 1 N–H and O–H groups in total. The van der Waals surface area contributed by atoms with Crippen molar-refractivity contribution in [2.24, 2.45) is 0 Å². The van der Waals surface area contributed by atoms with Crippen molar-refractivity contribution in [3.63, 3.8) is 0 Å². The van der Waals surface area contributed by atoms with Gasteiger partial charge < -0.3 is 24.6 Å². The second-order valence-electron chi connectivity index (χ2n) is 7.90. The molecule has 0 aliphatic carbocycles. The van der Waals surface area contributed by atoms with Crippen LogP contribution in [-0.4, -0.2) is 104 Å². The number of likely N-dealkylation sites (tertiary alicyclic amines) is 1. The Bertz CT molecular complexity index is 496. The van der Waals surface area contributed by atoms with E-state index in [1.165, 1.54) is 12.8 Å². The van der Waals surface area contributed by atoms with Crippen LogP contribution in [0.2, 0.25) is 0 Å². The number of hydrogen-bond donors (Lipinski definition) is 1. The van der Waals surface area contributed by atoms with Crippen molar-refractivity contribution < 1.29 is 19.1 Å². The lowest BCUT2D eigenvalue weighted by molar-refractivity contribution is -0.144. The van der Waals surface area contributed by atoms with E-state index in [2.05, 4.69) is 10.2 Å². The van der Waals surface area contributed by atoms with Crippen molar-refractivity contribution in [1.29, 1.82) is 0 Å². The van der Waals surface area contributed by atoms with Gasteiger partial charge in [-0.05, 0) is 45.7 Å². The van der Waals surface area contributed by atoms with Crippen LogP contribution in [0, 0.1) is 0 Å².